The Morgan fingerprint density at radius 1 is 1.16 bits per heavy atom. The maximum atomic E-state index is 12.7. The van der Waals surface area contributed by atoms with Crippen molar-refractivity contribution in [1.29, 1.82) is 0 Å². The molecule has 0 saturated carbocycles. The van der Waals surface area contributed by atoms with Crippen molar-refractivity contribution >= 4 is 34.9 Å². The number of hydrogen-bond acceptors (Lipinski definition) is 6. The first-order valence-corrected chi connectivity index (χ1v) is 10.6. The molecule has 3 rings (SSSR count). The van der Waals surface area contributed by atoms with Gasteiger partial charge in [-0.1, -0.05) is 48.0 Å². The van der Waals surface area contributed by atoms with Gasteiger partial charge in [0.25, 0.3) is 11.1 Å². The Hall–Kier alpha value is -3.10. The zero-order chi connectivity index (χ0) is 22.2. The van der Waals surface area contributed by atoms with E-state index >= 15 is 0 Å². The van der Waals surface area contributed by atoms with E-state index in [4.69, 9.17) is 9.47 Å². The molecule has 1 N–H and O–H groups in total. The van der Waals surface area contributed by atoms with Crippen LogP contribution in [0.3, 0.4) is 0 Å². The van der Waals surface area contributed by atoms with Gasteiger partial charge in [0, 0.05) is 19.2 Å². The third-order valence-corrected chi connectivity index (χ3v) is 5.39. The second-order valence-electron chi connectivity index (χ2n) is 6.93. The lowest BCUT2D eigenvalue weighted by Gasteiger charge is -2.12. The number of amides is 3. The number of para-hydroxylation sites is 1. The standard InChI is InChI=1S/C23H24N2O5S/c1-16-6-5-7-17(12-16)15-30-19-9-4-3-8-18(19)13-20-22(27)25(23(28)31-20)14-21(26)24-10-11-29-2/h3-9,12-13H,10-11,14-15H2,1-2H3,(H,24,26)/b20-13-. The van der Waals surface area contributed by atoms with Crippen LogP contribution in [0.4, 0.5) is 4.79 Å². The summed E-state index contributed by atoms with van der Waals surface area (Å²) in [5.41, 5.74) is 2.87. The molecule has 7 nitrogen and oxygen atoms in total. The lowest BCUT2D eigenvalue weighted by Crippen LogP contribution is -2.40. The van der Waals surface area contributed by atoms with Crippen molar-refractivity contribution in [2.45, 2.75) is 13.5 Å². The highest BCUT2D eigenvalue weighted by molar-refractivity contribution is 8.18. The van der Waals surface area contributed by atoms with E-state index in [0.29, 0.717) is 31.1 Å². The number of thioether (sulfide) groups is 1. The first-order valence-electron chi connectivity index (χ1n) is 9.76. The molecule has 8 heteroatoms. The van der Waals surface area contributed by atoms with Gasteiger partial charge in [0.2, 0.25) is 5.91 Å². The SMILES string of the molecule is COCCNC(=O)CN1C(=O)S/C(=C\c2ccccc2OCc2cccc(C)c2)C1=O. The highest BCUT2D eigenvalue weighted by atomic mass is 32.2. The van der Waals surface area contributed by atoms with Gasteiger partial charge in [0.05, 0.1) is 11.5 Å². The number of carbonyl (C=O) groups is 3. The Bertz CT molecular complexity index is 1000. The fourth-order valence-electron chi connectivity index (χ4n) is 2.96. The molecular weight excluding hydrogens is 416 g/mol. The topological polar surface area (TPSA) is 84.9 Å². The second-order valence-corrected chi connectivity index (χ2v) is 7.92. The maximum absolute atomic E-state index is 12.7. The van der Waals surface area contributed by atoms with Crippen LogP contribution in [0.5, 0.6) is 5.75 Å². The first-order chi connectivity index (χ1) is 15.0. The zero-order valence-electron chi connectivity index (χ0n) is 17.4. The van der Waals surface area contributed by atoms with E-state index in [1.54, 1.807) is 6.08 Å². The van der Waals surface area contributed by atoms with Crippen molar-refractivity contribution in [3.05, 3.63) is 70.1 Å². The lowest BCUT2D eigenvalue weighted by atomic mass is 10.1. The van der Waals surface area contributed by atoms with Crippen LogP contribution >= 0.6 is 11.8 Å². The summed E-state index contributed by atoms with van der Waals surface area (Å²) in [6.45, 7) is 2.75. The first kappa shape index (κ1) is 22.6. The van der Waals surface area contributed by atoms with E-state index in [2.05, 4.69) is 5.32 Å². The van der Waals surface area contributed by atoms with E-state index in [-0.39, 0.29) is 11.4 Å². The highest BCUT2D eigenvalue weighted by Crippen LogP contribution is 2.34. The molecule has 3 amide bonds. The summed E-state index contributed by atoms with van der Waals surface area (Å²) in [6.07, 6.45) is 1.62. The van der Waals surface area contributed by atoms with E-state index in [9.17, 15) is 14.4 Å². The molecule has 0 atom stereocenters. The van der Waals surface area contributed by atoms with Gasteiger partial charge < -0.3 is 14.8 Å². The van der Waals surface area contributed by atoms with Crippen LogP contribution in [0, 0.1) is 6.92 Å². The molecule has 1 heterocycles. The van der Waals surface area contributed by atoms with Gasteiger partial charge in [-0.2, -0.15) is 0 Å². The van der Waals surface area contributed by atoms with Crippen LogP contribution in [0.15, 0.2) is 53.4 Å². The van der Waals surface area contributed by atoms with Gasteiger partial charge in [-0.15, -0.1) is 0 Å². The summed E-state index contributed by atoms with van der Waals surface area (Å²) in [6, 6.07) is 15.3. The number of aryl methyl sites for hydroxylation is 1. The molecule has 0 bridgehead atoms. The molecule has 0 aliphatic carbocycles. The van der Waals surface area contributed by atoms with Crippen molar-refractivity contribution in [3.63, 3.8) is 0 Å². The molecule has 1 fully saturated rings. The minimum Gasteiger partial charge on any atom is -0.488 e. The fourth-order valence-corrected chi connectivity index (χ4v) is 3.79. The van der Waals surface area contributed by atoms with Crippen molar-refractivity contribution in [2.24, 2.45) is 0 Å². The Balaban J connectivity index is 1.69. The molecule has 0 unspecified atom stereocenters. The number of imide groups is 1. The summed E-state index contributed by atoms with van der Waals surface area (Å²) in [5, 5.41) is 2.13. The Morgan fingerprint density at radius 3 is 2.74 bits per heavy atom. The number of nitrogens with one attached hydrogen (secondary N) is 1. The molecule has 0 aromatic heterocycles. The monoisotopic (exact) mass is 440 g/mol. The molecule has 1 aliphatic heterocycles. The predicted molar refractivity (Wildman–Crippen MR) is 120 cm³/mol. The summed E-state index contributed by atoms with van der Waals surface area (Å²) < 4.78 is 10.8. The van der Waals surface area contributed by atoms with Gasteiger partial charge in [-0.05, 0) is 36.4 Å². The summed E-state index contributed by atoms with van der Waals surface area (Å²) in [5.74, 6) is -0.305. The van der Waals surface area contributed by atoms with Crippen molar-refractivity contribution in [1.82, 2.24) is 10.2 Å². The van der Waals surface area contributed by atoms with Crippen LogP contribution in [-0.4, -0.2) is 48.8 Å². The summed E-state index contributed by atoms with van der Waals surface area (Å²) >= 11 is 0.810. The average molecular weight is 441 g/mol. The van der Waals surface area contributed by atoms with E-state index < -0.39 is 17.1 Å². The lowest BCUT2D eigenvalue weighted by molar-refractivity contribution is -0.129. The zero-order valence-corrected chi connectivity index (χ0v) is 18.2. The minimum absolute atomic E-state index is 0.251. The fraction of sp³-hybridized carbons (Fsp3) is 0.261. The van der Waals surface area contributed by atoms with Gasteiger partial charge in [0.15, 0.2) is 0 Å². The quantitative estimate of drug-likeness (QED) is 0.475. The Morgan fingerprint density at radius 2 is 1.97 bits per heavy atom. The minimum atomic E-state index is -0.495. The van der Waals surface area contributed by atoms with Gasteiger partial charge in [0.1, 0.15) is 18.9 Å². The number of hydrogen-bond donors (Lipinski definition) is 1. The predicted octanol–water partition coefficient (Wildman–Crippen LogP) is 3.37. The molecule has 31 heavy (non-hydrogen) atoms. The van der Waals surface area contributed by atoms with E-state index in [0.717, 1.165) is 27.8 Å². The highest BCUT2D eigenvalue weighted by Gasteiger charge is 2.36. The molecule has 162 valence electrons. The van der Waals surface area contributed by atoms with Crippen molar-refractivity contribution < 1.29 is 23.9 Å². The number of methoxy groups -OCH3 is 1. The number of carbonyl (C=O) groups excluding carboxylic acids is 3. The Labute approximate surface area is 185 Å². The number of ether oxygens (including phenoxy) is 2. The van der Waals surface area contributed by atoms with Crippen LogP contribution in [0.1, 0.15) is 16.7 Å². The van der Waals surface area contributed by atoms with Crippen LogP contribution < -0.4 is 10.1 Å². The third kappa shape index (κ3) is 6.19. The smallest absolute Gasteiger partial charge is 0.294 e. The van der Waals surface area contributed by atoms with Gasteiger partial charge in [-0.3, -0.25) is 19.3 Å². The normalized spacial score (nSPS) is 14.9. The van der Waals surface area contributed by atoms with Crippen molar-refractivity contribution in [3.8, 4) is 5.75 Å². The molecule has 0 spiro atoms. The number of rotatable bonds is 9. The van der Waals surface area contributed by atoms with Gasteiger partial charge in [-0.25, -0.2) is 0 Å². The van der Waals surface area contributed by atoms with Crippen LogP contribution in [-0.2, 0) is 20.9 Å². The second kappa shape index (κ2) is 10.8. The molecule has 1 aliphatic rings. The Kier molecular flexibility index (Phi) is 7.86. The van der Waals surface area contributed by atoms with Crippen LogP contribution in [0.25, 0.3) is 6.08 Å². The molecule has 1 saturated heterocycles. The number of nitrogens with zero attached hydrogens (tertiary/aromatic N) is 1. The largest absolute Gasteiger partial charge is 0.488 e. The maximum Gasteiger partial charge on any atom is 0.294 e. The molecule has 0 radical (unpaired) electrons. The van der Waals surface area contributed by atoms with Gasteiger partial charge >= 0.3 is 0 Å². The molecular formula is C23H24N2O5S. The van der Waals surface area contributed by atoms with E-state index in [1.807, 2.05) is 55.5 Å². The summed E-state index contributed by atoms with van der Waals surface area (Å²) in [4.78, 5) is 38.1. The number of benzene rings is 2. The van der Waals surface area contributed by atoms with Crippen LogP contribution in [0.2, 0.25) is 0 Å². The average Bonchev–Trinajstić information content (AvgIpc) is 3.01. The molecule has 2 aromatic rings. The third-order valence-electron chi connectivity index (χ3n) is 4.49. The molecule has 2 aromatic carbocycles. The summed E-state index contributed by atoms with van der Waals surface area (Å²) in [7, 11) is 1.52. The van der Waals surface area contributed by atoms with E-state index in [1.165, 1.54) is 7.11 Å². The van der Waals surface area contributed by atoms with Crippen molar-refractivity contribution in [2.75, 3.05) is 26.8 Å².